The van der Waals surface area contributed by atoms with E-state index in [1.807, 2.05) is 0 Å². The lowest BCUT2D eigenvalue weighted by Gasteiger charge is -2.19. The van der Waals surface area contributed by atoms with Gasteiger partial charge in [-0.1, -0.05) is 6.92 Å². The molecule has 0 aliphatic heterocycles. The smallest absolute Gasteiger partial charge is 0.0254 e. The molecule has 2 fully saturated rings. The molecule has 2 saturated carbocycles. The van der Waals surface area contributed by atoms with Crippen molar-refractivity contribution < 1.29 is 0 Å². The van der Waals surface area contributed by atoms with Crippen LogP contribution in [0.2, 0.25) is 0 Å². The molecule has 2 rings (SSSR count). The molecule has 57 valence electrons. The molecule has 1 radical (unpaired) electrons. The Balaban J connectivity index is 1.80. The van der Waals surface area contributed by atoms with Crippen LogP contribution < -0.4 is 0 Å². The molecule has 0 spiro atoms. The molecular formula is C9H16N. The summed E-state index contributed by atoms with van der Waals surface area (Å²) in [7, 11) is 0. The number of nitrogens with zero attached hydrogens (tertiary/aromatic N) is 1. The lowest BCUT2D eigenvalue weighted by atomic mass is 10.4. The van der Waals surface area contributed by atoms with Gasteiger partial charge in [-0.05, 0) is 32.1 Å². The highest BCUT2D eigenvalue weighted by atomic mass is 15.2. The van der Waals surface area contributed by atoms with Crippen molar-refractivity contribution in [3.05, 3.63) is 6.54 Å². The van der Waals surface area contributed by atoms with E-state index in [1.165, 1.54) is 32.1 Å². The Morgan fingerprint density at radius 1 is 1.20 bits per heavy atom. The normalized spacial score (nSPS) is 25.8. The van der Waals surface area contributed by atoms with Gasteiger partial charge >= 0.3 is 0 Å². The summed E-state index contributed by atoms with van der Waals surface area (Å²) in [5.41, 5.74) is 0. The number of hydrogen-bond acceptors (Lipinski definition) is 1. The maximum atomic E-state index is 2.61. The first-order chi connectivity index (χ1) is 4.92. The van der Waals surface area contributed by atoms with Gasteiger partial charge in [-0.25, -0.2) is 0 Å². The Labute approximate surface area is 63.4 Å². The van der Waals surface area contributed by atoms with E-state index < -0.39 is 0 Å². The summed E-state index contributed by atoms with van der Waals surface area (Å²) in [5.74, 6) is 0. The summed E-state index contributed by atoms with van der Waals surface area (Å²) in [6.45, 7) is 4.63. The molecule has 2 aliphatic rings. The van der Waals surface area contributed by atoms with Gasteiger partial charge in [0.1, 0.15) is 0 Å². The highest BCUT2D eigenvalue weighted by molar-refractivity contribution is 4.97. The Bertz CT molecular complexity index is 102. The molecule has 0 atom stereocenters. The zero-order chi connectivity index (χ0) is 6.97. The Morgan fingerprint density at radius 2 is 1.70 bits per heavy atom. The minimum atomic E-state index is 0.951. The third-order valence-corrected chi connectivity index (χ3v) is 2.33. The van der Waals surface area contributed by atoms with E-state index in [0.717, 1.165) is 12.1 Å². The second-order valence-corrected chi connectivity index (χ2v) is 3.50. The summed E-state index contributed by atoms with van der Waals surface area (Å²) in [6.07, 6.45) is 7.02. The van der Waals surface area contributed by atoms with Gasteiger partial charge in [-0.2, -0.15) is 0 Å². The van der Waals surface area contributed by atoms with Crippen molar-refractivity contribution in [1.82, 2.24) is 4.90 Å². The standard InChI is InChI=1S/C9H16N/c1-2-7-10(8-3-4-8)9-5-6-9/h7-9H,2-6H2,1H3. The summed E-state index contributed by atoms with van der Waals surface area (Å²) >= 11 is 0. The molecule has 0 saturated heterocycles. The van der Waals surface area contributed by atoms with Crippen molar-refractivity contribution in [2.45, 2.75) is 51.1 Å². The minimum absolute atomic E-state index is 0.951. The van der Waals surface area contributed by atoms with Gasteiger partial charge in [0, 0.05) is 18.6 Å². The van der Waals surface area contributed by atoms with Gasteiger partial charge in [0.15, 0.2) is 0 Å². The maximum absolute atomic E-state index is 2.61. The summed E-state index contributed by atoms with van der Waals surface area (Å²) in [5, 5.41) is 0. The molecule has 0 aromatic rings. The predicted molar refractivity (Wildman–Crippen MR) is 42.5 cm³/mol. The average molecular weight is 138 g/mol. The van der Waals surface area contributed by atoms with Crippen LogP contribution in [0.3, 0.4) is 0 Å². The molecule has 0 amide bonds. The molecule has 0 aromatic heterocycles. The second kappa shape index (κ2) is 2.54. The van der Waals surface area contributed by atoms with Crippen molar-refractivity contribution in [3.8, 4) is 0 Å². The fourth-order valence-corrected chi connectivity index (χ4v) is 1.55. The first-order valence-corrected chi connectivity index (χ1v) is 4.52. The van der Waals surface area contributed by atoms with E-state index in [1.54, 1.807) is 0 Å². The van der Waals surface area contributed by atoms with Crippen LogP contribution in [0, 0.1) is 6.54 Å². The van der Waals surface area contributed by atoms with E-state index >= 15 is 0 Å². The molecule has 0 unspecified atom stereocenters. The summed E-state index contributed by atoms with van der Waals surface area (Å²) in [6, 6.07) is 1.90. The molecule has 0 aromatic carbocycles. The van der Waals surface area contributed by atoms with Crippen LogP contribution in [0.25, 0.3) is 0 Å². The van der Waals surface area contributed by atoms with Crippen molar-refractivity contribution in [2.75, 3.05) is 0 Å². The maximum Gasteiger partial charge on any atom is 0.0254 e. The van der Waals surface area contributed by atoms with Crippen LogP contribution in [0.5, 0.6) is 0 Å². The van der Waals surface area contributed by atoms with Gasteiger partial charge in [0.25, 0.3) is 0 Å². The van der Waals surface area contributed by atoms with Crippen LogP contribution in [0.1, 0.15) is 39.0 Å². The minimum Gasteiger partial charge on any atom is -0.293 e. The lowest BCUT2D eigenvalue weighted by molar-refractivity contribution is 0.306. The topological polar surface area (TPSA) is 3.24 Å². The predicted octanol–water partition coefficient (Wildman–Crippen LogP) is 2.18. The highest BCUT2D eigenvalue weighted by Crippen LogP contribution is 2.38. The van der Waals surface area contributed by atoms with E-state index in [9.17, 15) is 0 Å². The summed E-state index contributed by atoms with van der Waals surface area (Å²) in [4.78, 5) is 2.61. The number of rotatable bonds is 4. The van der Waals surface area contributed by atoms with Crippen molar-refractivity contribution in [3.63, 3.8) is 0 Å². The van der Waals surface area contributed by atoms with Crippen LogP contribution in [-0.4, -0.2) is 17.0 Å². The lowest BCUT2D eigenvalue weighted by Crippen LogP contribution is -2.25. The second-order valence-electron chi connectivity index (χ2n) is 3.50. The molecule has 0 N–H and O–H groups in total. The van der Waals surface area contributed by atoms with Crippen molar-refractivity contribution in [2.24, 2.45) is 0 Å². The van der Waals surface area contributed by atoms with Gasteiger partial charge in [0.2, 0.25) is 0 Å². The van der Waals surface area contributed by atoms with E-state index in [4.69, 9.17) is 0 Å². The van der Waals surface area contributed by atoms with Crippen molar-refractivity contribution in [1.29, 1.82) is 0 Å². The molecule has 0 heterocycles. The van der Waals surface area contributed by atoms with Crippen LogP contribution >= 0.6 is 0 Å². The van der Waals surface area contributed by atoms with Crippen LogP contribution in [-0.2, 0) is 0 Å². The number of hydrogen-bond donors (Lipinski definition) is 0. The third kappa shape index (κ3) is 1.34. The molecule has 10 heavy (non-hydrogen) atoms. The Hall–Kier alpha value is -0.0400. The zero-order valence-corrected chi connectivity index (χ0v) is 6.71. The van der Waals surface area contributed by atoms with Crippen LogP contribution in [0.4, 0.5) is 0 Å². The van der Waals surface area contributed by atoms with Crippen molar-refractivity contribution >= 4 is 0 Å². The Kier molecular flexibility index (Phi) is 1.69. The highest BCUT2D eigenvalue weighted by Gasteiger charge is 2.38. The average Bonchev–Trinajstić information content (AvgIpc) is 2.77. The molecular weight excluding hydrogens is 122 g/mol. The van der Waals surface area contributed by atoms with E-state index in [0.29, 0.717) is 0 Å². The van der Waals surface area contributed by atoms with E-state index in [-0.39, 0.29) is 0 Å². The van der Waals surface area contributed by atoms with E-state index in [2.05, 4.69) is 18.4 Å². The molecule has 1 heteroatoms. The quantitative estimate of drug-likeness (QED) is 0.575. The van der Waals surface area contributed by atoms with Gasteiger partial charge in [-0.3, -0.25) is 4.90 Å². The van der Waals surface area contributed by atoms with Gasteiger partial charge in [0.05, 0.1) is 0 Å². The molecule has 1 nitrogen and oxygen atoms in total. The van der Waals surface area contributed by atoms with Gasteiger partial charge < -0.3 is 0 Å². The van der Waals surface area contributed by atoms with Gasteiger partial charge in [-0.15, -0.1) is 0 Å². The largest absolute Gasteiger partial charge is 0.293 e. The summed E-state index contributed by atoms with van der Waals surface area (Å²) < 4.78 is 0. The molecule has 2 aliphatic carbocycles. The fraction of sp³-hybridized carbons (Fsp3) is 0.889. The monoisotopic (exact) mass is 138 g/mol. The fourth-order valence-electron chi connectivity index (χ4n) is 1.55. The molecule has 0 bridgehead atoms. The SMILES string of the molecule is CC[CH]N(C1CC1)C1CC1. The third-order valence-electron chi connectivity index (χ3n) is 2.33. The van der Waals surface area contributed by atoms with Crippen LogP contribution in [0.15, 0.2) is 0 Å². The zero-order valence-electron chi connectivity index (χ0n) is 6.71. The first kappa shape index (κ1) is 6.66. The first-order valence-electron chi connectivity index (χ1n) is 4.52. The Morgan fingerprint density at radius 3 is 2.00 bits per heavy atom.